The molecule has 0 bridgehead atoms. The Morgan fingerprint density at radius 3 is 2.60 bits per heavy atom. The molecule has 1 amide bonds. The minimum Gasteiger partial charge on any atom is -0.342 e. The summed E-state index contributed by atoms with van der Waals surface area (Å²) in [5, 5.41) is 2.16. The summed E-state index contributed by atoms with van der Waals surface area (Å²) in [6.07, 6.45) is 7.13. The van der Waals surface area contributed by atoms with Crippen LogP contribution in [0.2, 0.25) is 0 Å². The number of nitrogens with zero attached hydrogens (tertiary/aromatic N) is 4. The van der Waals surface area contributed by atoms with E-state index in [0.717, 1.165) is 45.7 Å². The van der Waals surface area contributed by atoms with Crippen LogP contribution in [0.25, 0.3) is 0 Å². The maximum Gasteiger partial charge on any atom is 0.226 e. The van der Waals surface area contributed by atoms with E-state index in [2.05, 4.69) is 25.1 Å². The van der Waals surface area contributed by atoms with Crippen molar-refractivity contribution in [2.24, 2.45) is 5.92 Å². The maximum absolute atomic E-state index is 12.7. The minimum atomic E-state index is 0.250. The maximum atomic E-state index is 12.7. The number of aromatic nitrogens is 1. The highest BCUT2D eigenvalue weighted by molar-refractivity contribution is 7.07. The van der Waals surface area contributed by atoms with Crippen molar-refractivity contribution >= 4 is 17.2 Å². The zero-order valence-electron chi connectivity index (χ0n) is 15.1. The highest BCUT2D eigenvalue weighted by atomic mass is 32.1. The lowest BCUT2D eigenvalue weighted by atomic mass is 9.93. The molecule has 3 fully saturated rings. The van der Waals surface area contributed by atoms with Crippen LogP contribution in [0, 0.1) is 5.92 Å². The van der Waals surface area contributed by atoms with Gasteiger partial charge in [0.05, 0.1) is 17.1 Å². The third-order valence-corrected chi connectivity index (χ3v) is 6.80. The van der Waals surface area contributed by atoms with Crippen LogP contribution < -0.4 is 0 Å². The third-order valence-electron chi connectivity index (χ3n) is 6.16. The number of carbonyl (C=O) groups excluding carboxylic acids is 1. The number of hydrogen-bond donors (Lipinski definition) is 0. The lowest BCUT2D eigenvalue weighted by Gasteiger charge is -2.42. The van der Waals surface area contributed by atoms with Crippen molar-refractivity contribution in [1.82, 2.24) is 19.7 Å². The van der Waals surface area contributed by atoms with Crippen molar-refractivity contribution in [2.45, 2.75) is 51.1 Å². The van der Waals surface area contributed by atoms with E-state index in [4.69, 9.17) is 0 Å². The number of carbonyl (C=O) groups is 1. The summed E-state index contributed by atoms with van der Waals surface area (Å²) < 4.78 is 0. The first-order valence-corrected chi connectivity index (χ1v) is 10.9. The molecule has 138 valence electrons. The van der Waals surface area contributed by atoms with E-state index >= 15 is 0 Å². The van der Waals surface area contributed by atoms with Gasteiger partial charge in [-0.05, 0) is 45.1 Å². The summed E-state index contributed by atoms with van der Waals surface area (Å²) >= 11 is 1.68. The Labute approximate surface area is 155 Å². The monoisotopic (exact) mass is 362 g/mol. The van der Waals surface area contributed by atoms with Gasteiger partial charge in [-0.3, -0.25) is 14.6 Å². The van der Waals surface area contributed by atoms with Gasteiger partial charge in [0.15, 0.2) is 0 Å². The first kappa shape index (κ1) is 17.4. The molecule has 3 aliphatic heterocycles. The van der Waals surface area contributed by atoms with Crippen LogP contribution in [0.5, 0.6) is 0 Å². The molecule has 4 rings (SSSR count). The summed E-state index contributed by atoms with van der Waals surface area (Å²) in [6.45, 7) is 7.46. The van der Waals surface area contributed by atoms with Gasteiger partial charge in [0.1, 0.15) is 0 Å². The van der Waals surface area contributed by atoms with Crippen LogP contribution in [0.4, 0.5) is 0 Å². The Kier molecular flexibility index (Phi) is 5.68. The fourth-order valence-electron chi connectivity index (χ4n) is 4.72. The summed E-state index contributed by atoms with van der Waals surface area (Å²) in [5.41, 5.74) is 3.13. The predicted molar refractivity (Wildman–Crippen MR) is 101 cm³/mol. The highest BCUT2D eigenvalue weighted by Gasteiger charge is 2.34. The molecule has 1 aromatic heterocycles. The molecular formula is C19H30N4OS. The number of rotatable bonds is 4. The lowest BCUT2D eigenvalue weighted by Crippen LogP contribution is -2.51. The van der Waals surface area contributed by atoms with Crippen molar-refractivity contribution in [2.75, 3.05) is 39.3 Å². The van der Waals surface area contributed by atoms with Gasteiger partial charge in [-0.2, -0.15) is 0 Å². The molecule has 3 aliphatic rings. The summed E-state index contributed by atoms with van der Waals surface area (Å²) in [4.78, 5) is 24.4. The normalized spacial score (nSPS) is 27.0. The lowest BCUT2D eigenvalue weighted by molar-refractivity contribution is -0.136. The van der Waals surface area contributed by atoms with Crippen LogP contribution in [0.15, 0.2) is 10.9 Å². The van der Waals surface area contributed by atoms with E-state index < -0.39 is 0 Å². The number of piperidine rings is 2. The van der Waals surface area contributed by atoms with E-state index in [1.54, 1.807) is 11.3 Å². The van der Waals surface area contributed by atoms with Gasteiger partial charge < -0.3 is 4.90 Å². The van der Waals surface area contributed by atoms with Crippen LogP contribution >= 0.6 is 11.3 Å². The number of likely N-dealkylation sites (tertiary alicyclic amines) is 3. The Morgan fingerprint density at radius 2 is 1.88 bits per heavy atom. The molecule has 0 spiro atoms. The van der Waals surface area contributed by atoms with Crippen LogP contribution in [0.1, 0.15) is 44.2 Å². The standard InChI is InChI=1S/C19H30N4OS/c24-19(22-7-1-2-8-22)16-4-3-9-23(12-16)18-5-10-21(11-6-18)13-17-14-25-15-20-17/h14-16,18H,1-13H2/t16-/m0/s1. The molecule has 0 radical (unpaired) electrons. The van der Waals surface area contributed by atoms with Crippen molar-refractivity contribution in [3.05, 3.63) is 16.6 Å². The van der Waals surface area contributed by atoms with Gasteiger partial charge >= 0.3 is 0 Å². The first-order valence-electron chi connectivity index (χ1n) is 9.92. The van der Waals surface area contributed by atoms with E-state index in [1.165, 1.54) is 44.3 Å². The average Bonchev–Trinajstić information content (AvgIpc) is 3.36. The van der Waals surface area contributed by atoms with Crippen molar-refractivity contribution in [3.63, 3.8) is 0 Å². The van der Waals surface area contributed by atoms with E-state index in [9.17, 15) is 4.79 Å². The van der Waals surface area contributed by atoms with Crippen molar-refractivity contribution in [1.29, 1.82) is 0 Å². The number of amides is 1. The van der Waals surface area contributed by atoms with E-state index in [-0.39, 0.29) is 5.92 Å². The molecule has 5 nitrogen and oxygen atoms in total. The Balaban J connectivity index is 1.26. The third kappa shape index (κ3) is 4.23. The molecule has 1 atom stereocenters. The number of hydrogen-bond acceptors (Lipinski definition) is 5. The average molecular weight is 363 g/mol. The molecule has 4 heterocycles. The predicted octanol–water partition coefficient (Wildman–Crippen LogP) is 2.44. The zero-order valence-corrected chi connectivity index (χ0v) is 15.9. The van der Waals surface area contributed by atoms with Crippen LogP contribution in [-0.4, -0.2) is 70.9 Å². The molecule has 6 heteroatoms. The van der Waals surface area contributed by atoms with Gasteiger partial charge in [-0.25, -0.2) is 4.98 Å². The topological polar surface area (TPSA) is 39.7 Å². The minimum absolute atomic E-state index is 0.250. The fourth-order valence-corrected chi connectivity index (χ4v) is 5.27. The molecule has 0 saturated carbocycles. The second-order valence-corrected chi connectivity index (χ2v) is 8.57. The SMILES string of the molecule is O=C([C@H]1CCCN(C2CCN(Cc3cscn3)CC2)C1)N1CCCC1. The van der Waals surface area contributed by atoms with Crippen molar-refractivity contribution in [3.8, 4) is 0 Å². The zero-order chi connectivity index (χ0) is 17.1. The van der Waals surface area contributed by atoms with Crippen LogP contribution in [0.3, 0.4) is 0 Å². The summed E-state index contributed by atoms with van der Waals surface area (Å²) in [7, 11) is 0. The largest absolute Gasteiger partial charge is 0.342 e. The van der Waals surface area contributed by atoms with Gasteiger partial charge in [0.2, 0.25) is 5.91 Å². The second kappa shape index (κ2) is 8.14. The molecule has 0 aromatic carbocycles. The second-order valence-electron chi connectivity index (χ2n) is 7.85. The Morgan fingerprint density at radius 1 is 1.08 bits per heavy atom. The quantitative estimate of drug-likeness (QED) is 0.825. The molecule has 0 N–H and O–H groups in total. The summed E-state index contributed by atoms with van der Waals surface area (Å²) in [6, 6.07) is 0.667. The Hall–Kier alpha value is -0.980. The molecular weight excluding hydrogens is 332 g/mol. The van der Waals surface area contributed by atoms with Gasteiger partial charge in [0.25, 0.3) is 0 Å². The number of thiazole rings is 1. The van der Waals surface area contributed by atoms with Gasteiger partial charge in [-0.1, -0.05) is 0 Å². The molecule has 0 aliphatic carbocycles. The van der Waals surface area contributed by atoms with Crippen molar-refractivity contribution < 1.29 is 4.79 Å². The Bertz CT molecular complexity index is 550. The molecule has 1 aromatic rings. The first-order chi connectivity index (χ1) is 12.3. The van der Waals surface area contributed by atoms with Crippen LogP contribution in [-0.2, 0) is 11.3 Å². The molecule has 3 saturated heterocycles. The molecule has 0 unspecified atom stereocenters. The molecule has 25 heavy (non-hydrogen) atoms. The fraction of sp³-hybridized carbons (Fsp3) is 0.789. The summed E-state index contributed by atoms with van der Waals surface area (Å²) in [5.74, 6) is 0.683. The van der Waals surface area contributed by atoms with E-state index in [0.29, 0.717) is 11.9 Å². The van der Waals surface area contributed by atoms with Gasteiger partial charge in [-0.15, -0.1) is 11.3 Å². The van der Waals surface area contributed by atoms with Gasteiger partial charge in [0, 0.05) is 50.7 Å². The highest BCUT2D eigenvalue weighted by Crippen LogP contribution is 2.26. The van der Waals surface area contributed by atoms with E-state index in [1.807, 2.05) is 5.51 Å². The smallest absolute Gasteiger partial charge is 0.226 e.